The van der Waals surface area contributed by atoms with Gasteiger partial charge in [0.15, 0.2) is 16.6 Å². The fraction of sp³-hybridized carbons (Fsp3) is 0.286. The molecule has 2 amide bonds. The topological polar surface area (TPSA) is 71.1 Å². The van der Waals surface area contributed by atoms with E-state index in [2.05, 4.69) is 5.32 Å². The van der Waals surface area contributed by atoms with Gasteiger partial charge in [-0.05, 0) is 42.0 Å². The normalized spacial score (nSPS) is 16.1. The van der Waals surface area contributed by atoms with Crippen LogP contribution in [0.25, 0.3) is 0 Å². The Labute approximate surface area is 185 Å². The molecule has 1 atom stereocenters. The lowest BCUT2D eigenvalue weighted by molar-refractivity contribution is -0.130. The summed E-state index contributed by atoms with van der Waals surface area (Å²) in [6.45, 7) is 0.347. The lowest BCUT2D eigenvalue weighted by atomic mass is 10.1. The number of carbonyl (C=O) groups is 2. The van der Waals surface area contributed by atoms with Gasteiger partial charge in [0.2, 0.25) is 5.91 Å². The number of carbonyl (C=O) groups excluding carboxylic acids is 2. The van der Waals surface area contributed by atoms with Crippen LogP contribution in [-0.2, 0) is 16.1 Å². The van der Waals surface area contributed by atoms with Crippen molar-refractivity contribution in [3.8, 4) is 11.5 Å². The van der Waals surface area contributed by atoms with Gasteiger partial charge in [0.1, 0.15) is 6.04 Å². The molecule has 0 aromatic heterocycles. The van der Waals surface area contributed by atoms with Gasteiger partial charge in [-0.2, -0.15) is 0 Å². The molecule has 9 heteroatoms. The van der Waals surface area contributed by atoms with Gasteiger partial charge in [-0.25, -0.2) is 0 Å². The third-order valence-corrected chi connectivity index (χ3v) is 5.69. The highest BCUT2D eigenvalue weighted by molar-refractivity contribution is 7.80. The van der Waals surface area contributed by atoms with E-state index in [-0.39, 0.29) is 18.2 Å². The van der Waals surface area contributed by atoms with Crippen molar-refractivity contribution in [1.29, 1.82) is 0 Å². The first-order valence-electron chi connectivity index (χ1n) is 9.19. The molecule has 1 saturated heterocycles. The van der Waals surface area contributed by atoms with Crippen LogP contribution in [0, 0.1) is 0 Å². The van der Waals surface area contributed by atoms with Crippen molar-refractivity contribution in [2.75, 3.05) is 26.6 Å². The third kappa shape index (κ3) is 4.49. The number of halogens is 1. The van der Waals surface area contributed by atoms with E-state index < -0.39 is 6.04 Å². The molecule has 7 nitrogen and oxygen atoms in total. The number of nitrogens with one attached hydrogen (secondary N) is 1. The average Bonchev–Trinajstić information content (AvgIpc) is 2.93. The van der Waals surface area contributed by atoms with Crippen molar-refractivity contribution >= 4 is 46.4 Å². The minimum atomic E-state index is -0.710. The molecule has 30 heavy (non-hydrogen) atoms. The largest absolute Gasteiger partial charge is 0.493 e. The number of para-hydroxylation sites is 1. The van der Waals surface area contributed by atoms with Crippen LogP contribution in [0.15, 0.2) is 42.5 Å². The number of ether oxygens (including phenoxy) is 2. The predicted molar refractivity (Wildman–Crippen MR) is 119 cm³/mol. The number of hydrogen-bond donors (Lipinski definition) is 1. The highest BCUT2D eigenvalue weighted by Crippen LogP contribution is 2.30. The summed E-state index contributed by atoms with van der Waals surface area (Å²) >= 11 is 11.6. The second-order valence-corrected chi connectivity index (χ2v) is 7.52. The SMILES string of the molecule is COc1ccc(CN2C(=S)N(C)C(=O)[C@H]2CC(=O)Nc2ccccc2Cl)cc1OC. The molecule has 3 rings (SSSR count). The number of nitrogens with zero attached hydrogens (tertiary/aromatic N) is 2. The lowest BCUT2D eigenvalue weighted by Gasteiger charge is -2.24. The fourth-order valence-electron chi connectivity index (χ4n) is 3.27. The predicted octanol–water partition coefficient (Wildman–Crippen LogP) is 3.31. The van der Waals surface area contributed by atoms with Gasteiger partial charge in [0.25, 0.3) is 5.91 Å². The van der Waals surface area contributed by atoms with E-state index in [0.717, 1.165) is 5.56 Å². The second kappa shape index (κ2) is 9.32. The number of likely N-dealkylation sites (N-methyl/N-ethyl adjacent to an activating group) is 1. The highest BCUT2D eigenvalue weighted by Gasteiger charge is 2.41. The van der Waals surface area contributed by atoms with E-state index in [0.29, 0.717) is 33.9 Å². The van der Waals surface area contributed by atoms with Crippen LogP contribution >= 0.6 is 23.8 Å². The molecule has 0 aliphatic carbocycles. The van der Waals surface area contributed by atoms with Gasteiger partial charge in [0.05, 0.1) is 31.4 Å². The van der Waals surface area contributed by atoms with E-state index in [1.807, 2.05) is 12.1 Å². The number of hydrogen-bond acceptors (Lipinski definition) is 5. The van der Waals surface area contributed by atoms with Crippen molar-refractivity contribution < 1.29 is 19.1 Å². The van der Waals surface area contributed by atoms with Gasteiger partial charge < -0.3 is 19.7 Å². The van der Waals surface area contributed by atoms with Crippen molar-refractivity contribution in [1.82, 2.24) is 9.80 Å². The molecule has 158 valence electrons. The Bertz CT molecular complexity index is 984. The number of amides is 2. The summed E-state index contributed by atoms with van der Waals surface area (Å²) in [5.41, 5.74) is 1.37. The van der Waals surface area contributed by atoms with Gasteiger partial charge in [-0.1, -0.05) is 29.8 Å². The molecule has 1 heterocycles. The quantitative estimate of drug-likeness (QED) is 0.656. The minimum absolute atomic E-state index is 0.0537. The first-order valence-corrected chi connectivity index (χ1v) is 9.97. The zero-order chi connectivity index (χ0) is 21.8. The van der Waals surface area contributed by atoms with E-state index in [1.54, 1.807) is 56.5 Å². The van der Waals surface area contributed by atoms with Crippen molar-refractivity contribution in [3.63, 3.8) is 0 Å². The summed E-state index contributed by atoms with van der Waals surface area (Å²) in [6, 6.07) is 11.7. The number of rotatable bonds is 7. The number of methoxy groups -OCH3 is 2. The molecule has 2 aromatic carbocycles. The van der Waals surface area contributed by atoms with Crippen LogP contribution in [-0.4, -0.2) is 54.0 Å². The minimum Gasteiger partial charge on any atom is -0.493 e. The number of anilines is 1. The zero-order valence-corrected chi connectivity index (χ0v) is 18.4. The van der Waals surface area contributed by atoms with Gasteiger partial charge in [-0.15, -0.1) is 0 Å². The summed E-state index contributed by atoms with van der Waals surface area (Å²) in [5.74, 6) is 0.633. The Hall–Kier alpha value is -2.84. The molecule has 1 aliphatic rings. The van der Waals surface area contributed by atoms with E-state index in [9.17, 15) is 9.59 Å². The standard InChI is InChI=1S/C21H22ClN3O4S/c1-24-20(27)16(11-19(26)23-15-7-5-4-6-14(15)22)25(21(24)30)12-13-8-9-17(28-2)18(10-13)29-3/h4-10,16H,11-12H2,1-3H3,(H,23,26)/t16-/m1/s1. The molecule has 0 spiro atoms. The van der Waals surface area contributed by atoms with Crippen LogP contribution in [0.5, 0.6) is 11.5 Å². The molecular weight excluding hydrogens is 426 g/mol. The summed E-state index contributed by atoms with van der Waals surface area (Å²) in [6.07, 6.45) is -0.0537. The second-order valence-electron chi connectivity index (χ2n) is 6.75. The Morgan fingerprint density at radius 1 is 1.17 bits per heavy atom. The maximum Gasteiger partial charge on any atom is 0.251 e. The molecule has 1 N–H and O–H groups in total. The Balaban J connectivity index is 1.78. The molecule has 2 aromatic rings. The molecular formula is C21H22ClN3O4S. The first-order chi connectivity index (χ1) is 14.3. The number of benzene rings is 2. The van der Waals surface area contributed by atoms with E-state index in [1.165, 1.54) is 4.90 Å². The van der Waals surface area contributed by atoms with Gasteiger partial charge in [0, 0.05) is 13.6 Å². The molecule has 1 fully saturated rings. The summed E-state index contributed by atoms with van der Waals surface area (Å²) < 4.78 is 10.6. The van der Waals surface area contributed by atoms with Crippen molar-refractivity contribution in [2.45, 2.75) is 19.0 Å². The van der Waals surface area contributed by atoms with Gasteiger partial charge >= 0.3 is 0 Å². The summed E-state index contributed by atoms with van der Waals surface area (Å²) in [4.78, 5) is 28.5. The smallest absolute Gasteiger partial charge is 0.251 e. The molecule has 1 aliphatic heterocycles. The van der Waals surface area contributed by atoms with Crippen molar-refractivity contribution in [2.24, 2.45) is 0 Å². The van der Waals surface area contributed by atoms with Crippen molar-refractivity contribution in [3.05, 3.63) is 53.1 Å². The molecule has 0 radical (unpaired) electrons. The van der Waals surface area contributed by atoms with Crippen LogP contribution in [0.2, 0.25) is 5.02 Å². The fourth-order valence-corrected chi connectivity index (χ4v) is 3.73. The Morgan fingerprint density at radius 2 is 1.87 bits per heavy atom. The van der Waals surface area contributed by atoms with E-state index in [4.69, 9.17) is 33.3 Å². The number of thiocarbonyl (C=S) groups is 1. The van der Waals surface area contributed by atoms with Crippen LogP contribution in [0.4, 0.5) is 5.69 Å². The maximum atomic E-state index is 12.7. The van der Waals surface area contributed by atoms with Crippen LogP contribution in [0.1, 0.15) is 12.0 Å². The average molecular weight is 448 g/mol. The zero-order valence-electron chi connectivity index (χ0n) is 16.8. The maximum absolute atomic E-state index is 12.7. The monoisotopic (exact) mass is 447 g/mol. The molecule has 0 unspecified atom stereocenters. The van der Waals surface area contributed by atoms with Gasteiger partial charge in [-0.3, -0.25) is 14.5 Å². The third-order valence-electron chi connectivity index (χ3n) is 4.85. The Kier molecular flexibility index (Phi) is 6.79. The molecule has 0 saturated carbocycles. The van der Waals surface area contributed by atoms with E-state index >= 15 is 0 Å². The first kappa shape index (κ1) is 21.9. The van der Waals surface area contributed by atoms with Crippen LogP contribution < -0.4 is 14.8 Å². The Morgan fingerprint density at radius 3 is 2.53 bits per heavy atom. The van der Waals surface area contributed by atoms with Crippen LogP contribution in [0.3, 0.4) is 0 Å². The highest BCUT2D eigenvalue weighted by atomic mass is 35.5. The summed E-state index contributed by atoms with van der Waals surface area (Å²) in [5, 5.41) is 3.55. The lowest BCUT2D eigenvalue weighted by Crippen LogP contribution is -2.37. The molecule has 0 bridgehead atoms. The summed E-state index contributed by atoms with van der Waals surface area (Å²) in [7, 11) is 4.73.